The number of fused-ring (bicyclic) bond motifs is 1. The normalized spacial score (nSPS) is 14.8. The minimum atomic E-state index is -0.778. The Bertz CT molecular complexity index is 2070. The molecule has 0 saturated carbocycles. The van der Waals surface area contributed by atoms with Gasteiger partial charge in [-0.25, -0.2) is 14.2 Å². The summed E-state index contributed by atoms with van der Waals surface area (Å²) in [6.07, 6.45) is 1.85. The first-order chi connectivity index (χ1) is 21.3. The molecule has 3 heterocycles. The van der Waals surface area contributed by atoms with Crippen molar-refractivity contribution in [3.8, 4) is 11.4 Å². The maximum absolute atomic E-state index is 14.2. The molecule has 1 aliphatic heterocycles. The molecule has 7 nitrogen and oxygen atoms in total. The zero-order valence-corrected chi connectivity index (χ0v) is 25.5. The van der Waals surface area contributed by atoms with E-state index in [2.05, 4.69) is 0 Å². The molecule has 0 unspecified atom stereocenters. The Labute approximate surface area is 257 Å². The van der Waals surface area contributed by atoms with Gasteiger partial charge in [0.25, 0.3) is 5.56 Å². The summed E-state index contributed by atoms with van der Waals surface area (Å²) in [5, 5.41) is 0. The van der Waals surface area contributed by atoms with Crippen LogP contribution in [-0.2, 0) is 9.53 Å². The van der Waals surface area contributed by atoms with Gasteiger partial charge in [0, 0.05) is 22.6 Å². The van der Waals surface area contributed by atoms with Crippen LogP contribution in [0.1, 0.15) is 41.0 Å². The molecular formula is C35H30FN3O4S. The first-order valence-corrected chi connectivity index (χ1v) is 15.0. The number of esters is 1. The molecular weight excluding hydrogens is 577 g/mol. The number of rotatable bonds is 7. The summed E-state index contributed by atoms with van der Waals surface area (Å²) in [5.74, 6) is -0.184. The Hall–Kier alpha value is -5.02. The average Bonchev–Trinajstić information content (AvgIpc) is 3.50. The zero-order valence-electron chi connectivity index (χ0n) is 24.7. The number of methoxy groups -OCH3 is 1. The number of nitrogens with zero attached hydrogens (tertiary/aromatic N) is 3. The Kier molecular flexibility index (Phi) is 7.88. The van der Waals surface area contributed by atoms with E-state index in [1.165, 1.54) is 23.5 Å². The van der Waals surface area contributed by atoms with Crippen LogP contribution in [0.5, 0.6) is 5.75 Å². The highest BCUT2D eigenvalue weighted by atomic mass is 32.1. The minimum Gasteiger partial charge on any atom is -0.497 e. The highest BCUT2D eigenvalue weighted by Gasteiger charge is 2.35. The quantitative estimate of drug-likeness (QED) is 0.230. The molecule has 9 heteroatoms. The number of benzene rings is 3. The van der Waals surface area contributed by atoms with Crippen LogP contribution < -0.4 is 19.6 Å². The molecule has 0 amide bonds. The highest BCUT2D eigenvalue weighted by molar-refractivity contribution is 7.07. The lowest BCUT2D eigenvalue weighted by molar-refractivity contribution is -0.138. The van der Waals surface area contributed by atoms with Crippen molar-refractivity contribution in [3.05, 3.63) is 144 Å². The molecule has 44 heavy (non-hydrogen) atoms. The lowest BCUT2D eigenvalue weighted by Gasteiger charge is -2.26. The van der Waals surface area contributed by atoms with Crippen molar-refractivity contribution in [2.24, 2.45) is 4.99 Å². The topological polar surface area (TPSA) is 74.8 Å². The number of aryl methyl sites for hydroxylation is 1. The monoisotopic (exact) mass is 607 g/mol. The fraction of sp³-hybridized carbons (Fsp3) is 0.171. The summed E-state index contributed by atoms with van der Waals surface area (Å²) in [7, 11) is 1.59. The van der Waals surface area contributed by atoms with E-state index in [0.717, 1.165) is 33.8 Å². The number of aromatic nitrogens is 2. The van der Waals surface area contributed by atoms with Gasteiger partial charge >= 0.3 is 5.97 Å². The first kappa shape index (κ1) is 29.1. The van der Waals surface area contributed by atoms with Crippen LogP contribution in [0.4, 0.5) is 4.39 Å². The van der Waals surface area contributed by atoms with E-state index in [1.807, 2.05) is 73.0 Å². The zero-order chi connectivity index (χ0) is 31.0. The van der Waals surface area contributed by atoms with Gasteiger partial charge in [-0.2, -0.15) is 0 Å². The van der Waals surface area contributed by atoms with Crippen molar-refractivity contribution in [2.45, 2.75) is 26.8 Å². The third kappa shape index (κ3) is 5.20. The maximum atomic E-state index is 14.2. The Morgan fingerprint density at radius 3 is 2.39 bits per heavy atom. The van der Waals surface area contributed by atoms with Crippen LogP contribution in [0.2, 0.25) is 0 Å². The summed E-state index contributed by atoms with van der Waals surface area (Å²) >= 11 is 1.27. The molecule has 1 atom stereocenters. The third-order valence-corrected chi connectivity index (χ3v) is 8.63. The molecule has 2 aromatic heterocycles. The Morgan fingerprint density at radius 2 is 1.73 bits per heavy atom. The van der Waals surface area contributed by atoms with Crippen molar-refractivity contribution in [2.75, 3.05) is 13.7 Å². The molecule has 0 bridgehead atoms. The third-order valence-electron chi connectivity index (χ3n) is 7.65. The number of carbonyl (C=O) groups is 1. The number of thiazole rings is 1. The van der Waals surface area contributed by atoms with E-state index in [1.54, 1.807) is 42.9 Å². The Morgan fingerprint density at radius 1 is 1.02 bits per heavy atom. The van der Waals surface area contributed by atoms with Gasteiger partial charge in [-0.15, -0.1) is 0 Å². The lowest BCUT2D eigenvalue weighted by atomic mass is 9.93. The van der Waals surface area contributed by atoms with E-state index in [0.29, 0.717) is 20.8 Å². The number of hydrogen-bond donors (Lipinski definition) is 0. The van der Waals surface area contributed by atoms with Crippen LogP contribution >= 0.6 is 11.3 Å². The predicted molar refractivity (Wildman–Crippen MR) is 169 cm³/mol. The molecule has 3 aromatic carbocycles. The molecule has 6 rings (SSSR count). The van der Waals surface area contributed by atoms with Gasteiger partial charge < -0.3 is 14.0 Å². The van der Waals surface area contributed by atoms with Crippen LogP contribution in [-0.4, -0.2) is 28.8 Å². The summed E-state index contributed by atoms with van der Waals surface area (Å²) in [6, 6.07) is 24.3. The molecule has 0 spiro atoms. The molecule has 0 radical (unpaired) electrons. The van der Waals surface area contributed by atoms with Crippen molar-refractivity contribution in [1.29, 1.82) is 0 Å². The largest absolute Gasteiger partial charge is 0.497 e. The van der Waals surface area contributed by atoms with Crippen LogP contribution in [0, 0.1) is 19.7 Å². The van der Waals surface area contributed by atoms with Gasteiger partial charge in [-0.1, -0.05) is 53.8 Å². The van der Waals surface area contributed by atoms with Gasteiger partial charge in [0.2, 0.25) is 0 Å². The molecule has 0 N–H and O–H groups in total. The van der Waals surface area contributed by atoms with E-state index in [4.69, 9.17) is 14.5 Å². The van der Waals surface area contributed by atoms with Crippen molar-refractivity contribution < 1.29 is 18.7 Å². The second-order valence-corrected chi connectivity index (χ2v) is 11.4. The Balaban J connectivity index is 1.59. The van der Waals surface area contributed by atoms with Gasteiger partial charge in [-0.05, 0) is 80.4 Å². The molecule has 0 aliphatic carbocycles. The maximum Gasteiger partial charge on any atom is 0.338 e. The summed E-state index contributed by atoms with van der Waals surface area (Å²) in [6.45, 7) is 5.86. The fourth-order valence-corrected chi connectivity index (χ4v) is 6.60. The number of hydrogen-bond acceptors (Lipinski definition) is 6. The van der Waals surface area contributed by atoms with E-state index in [-0.39, 0.29) is 23.6 Å². The van der Waals surface area contributed by atoms with Crippen molar-refractivity contribution >= 4 is 29.1 Å². The minimum absolute atomic E-state index is 0.174. The van der Waals surface area contributed by atoms with Gasteiger partial charge in [-0.3, -0.25) is 9.36 Å². The lowest BCUT2D eigenvalue weighted by Crippen LogP contribution is -2.40. The van der Waals surface area contributed by atoms with E-state index >= 15 is 0 Å². The second kappa shape index (κ2) is 11.9. The molecule has 0 saturated heterocycles. The van der Waals surface area contributed by atoms with Crippen molar-refractivity contribution in [3.63, 3.8) is 0 Å². The van der Waals surface area contributed by atoms with Crippen LogP contribution in [0.25, 0.3) is 17.5 Å². The summed E-state index contributed by atoms with van der Waals surface area (Å²) in [4.78, 5) is 33.3. The molecule has 1 aliphatic rings. The smallest absolute Gasteiger partial charge is 0.338 e. The van der Waals surface area contributed by atoms with Gasteiger partial charge in [0.15, 0.2) is 4.80 Å². The van der Waals surface area contributed by atoms with E-state index in [9.17, 15) is 14.0 Å². The SMILES string of the molecule is CCOC(=O)C1=C(c2ccccc2)N=c2s/c(=C\c3cc(C)n(-c4ccc(F)cc4)c3C)c(=O)n2[C@@H]1c1ccc(OC)cc1. The average molecular weight is 608 g/mol. The number of halogens is 1. The molecule has 0 fully saturated rings. The first-order valence-electron chi connectivity index (χ1n) is 14.2. The second-order valence-electron chi connectivity index (χ2n) is 10.3. The predicted octanol–water partition coefficient (Wildman–Crippen LogP) is 5.49. The highest BCUT2D eigenvalue weighted by Crippen LogP contribution is 2.35. The summed E-state index contributed by atoms with van der Waals surface area (Å²) in [5.41, 5.74) is 5.48. The van der Waals surface area contributed by atoms with E-state index < -0.39 is 12.0 Å². The fourth-order valence-electron chi connectivity index (χ4n) is 5.60. The molecule has 5 aromatic rings. The molecule has 222 valence electrons. The standard InChI is InChI=1S/C35H30FN3O4S/c1-5-43-34(41)30-31(23-9-7-6-8-10-23)37-35-39(32(30)24-11-17-28(42-4)18-12-24)33(40)29(44-35)20-25-19-21(2)38(22(25)3)27-15-13-26(36)14-16-27/h6-20,32H,5H2,1-4H3/b29-20-/t32-/m1/s1. The van der Waals surface area contributed by atoms with Crippen LogP contribution in [0.15, 0.2) is 100 Å². The van der Waals surface area contributed by atoms with Crippen LogP contribution in [0.3, 0.4) is 0 Å². The van der Waals surface area contributed by atoms with Crippen molar-refractivity contribution in [1.82, 2.24) is 9.13 Å². The van der Waals surface area contributed by atoms with Gasteiger partial charge in [0.1, 0.15) is 11.6 Å². The van der Waals surface area contributed by atoms with Gasteiger partial charge in [0.05, 0.1) is 35.6 Å². The summed E-state index contributed by atoms with van der Waals surface area (Å²) < 4.78 is 28.6. The number of carbonyl (C=O) groups excluding carboxylic acids is 1. The number of ether oxygens (including phenoxy) is 2.